The van der Waals surface area contributed by atoms with Crippen molar-refractivity contribution >= 4 is 11.8 Å². The van der Waals surface area contributed by atoms with Crippen LogP contribution in [0.25, 0.3) is 0 Å². The van der Waals surface area contributed by atoms with Gasteiger partial charge in [-0.3, -0.25) is 0 Å². The van der Waals surface area contributed by atoms with E-state index in [1.54, 1.807) is 0 Å². The van der Waals surface area contributed by atoms with Gasteiger partial charge in [0.05, 0.1) is 0 Å². The molecule has 0 fully saturated rings. The Balaban J connectivity index is 2.91. The molecule has 1 rings (SSSR count). The molecule has 0 saturated carbocycles. The molecule has 0 unspecified atom stereocenters. The Morgan fingerprint density at radius 3 is 1.87 bits per heavy atom. The van der Waals surface area contributed by atoms with Crippen LogP contribution in [0.4, 0.5) is 0 Å². The highest BCUT2D eigenvalue weighted by atomic mass is 32.2. The lowest BCUT2D eigenvalue weighted by molar-refractivity contribution is 0.165. The number of hydroxylamine groups is 1. The summed E-state index contributed by atoms with van der Waals surface area (Å²) in [6.45, 7) is 13.5. The highest BCUT2D eigenvalue weighted by Gasteiger charge is 2.26. The number of hydrogen-bond acceptors (Lipinski definition) is 4. The summed E-state index contributed by atoms with van der Waals surface area (Å²) in [5.74, 6) is 1.51. The monoisotopic (exact) mass is 339 g/mol. The van der Waals surface area contributed by atoms with E-state index in [0.717, 1.165) is 36.1 Å². The first kappa shape index (κ1) is 20.3. The highest BCUT2D eigenvalue weighted by Crippen LogP contribution is 2.41. The second kappa shape index (κ2) is 8.41. The number of nitrogens with one attached hydrogen (secondary N) is 1. The first-order valence-electron chi connectivity index (χ1n) is 8.45. The summed E-state index contributed by atoms with van der Waals surface area (Å²) in [7, 11) is 0. The second-order valence-corrected chi connectivity index (χ2v) is 9.35. The molecule has 0 atom stereocenters. The van der Waals surface area contributed by atoms with E-state index in [9.17, 15) is 5.11 Å². The van der Waals surface area contributed by atoms with E-state index in [0.29, 0.717) is 12.3 Å². The molecule has 0 amide bonds. The highest BCUT2D eigenvalue weighted by molar-refractivity contribution is 7.99. The fourth-order valence-electron chi connectivity index (χ4n) is 2.51. The third kappa shape index (κ3) is 6.36. The molecule has 23 heavy (non-hydrogen) atoms. The molecule has 0 saturated heterocycles. The molecule has 3 nitrogen and oxygen atoms in total. The smallest absolute Gasteiger partial charge is 0.123 e. The molecule has 1 aromatic carbocycles. The van der Waals surface area contributed by atoms with Gasteiger partial charge in [-0.1, -0.05) is 48.0 Å². The number of unbranched alkanes of at least 4 members (excludes halogenated alkanes) is 2. The van der Waals surface area contributed by atoms with Crippen LogP contribution in [0, 0.1) is 0 Å². The van der Waals surface area contributed by atoms with Gasteiger partial charge in [0.2, 0.25) is 0 Å². The SMILES string of the molecule is CC(C)(C)c1cc(SCCCCCNO)cc(C(C)(C)C)c1O. The van der Waals surface area contributed by atoms with Gasteiger partial charge in [0, 0.05) is 22.6 Å². The number of phenols is 1. The largest absolute Gasteiger partial charge is 0.507 e. The Morgan fingerprint density at radius 1 is 0.913 bits per heavy atom. The maximum atomic E-state index is 10.7. The maximum Gasteiger partial charge on any atom is 0.123 e. The Hall–Kier alpha value is -0.710. The van der Waals surface area contributed by atoms with E-state index < -0.39 is 0 Å². The molecule has 3 N–H and O–H groups in total. The van der Waals surface area contributed by atoms with Crippen LogP contribution >= 0.6 is 11.8 Å². The number of benzene rings is 1. The summed E-state index contributed by atoms with van der Waals surface area (Å²) < 4.78 is 0. The third-order valence-electron chi connectivity index (χ3n) is 3.90. The molecule has 0 bridgehead atoms. The molecular weight excluding hydrogens is 306 g/mol. The minimum atomic E-state index is -0.0759. The first-order valence-corrected chi connectivity index (χ1v) is 9.43. The summed E-state index contributed by atoms with van der Waals surface area (Å²) in [6, 6.07) is 4.29. The van der Waals surface area contributed by atoms with Gasteiger partial charge in [-0.2, -0.15) is 0 Å². The van der Waals surface area contributed by atoms with E-state index in [2.05, 4.69) is 59.2 Å². The lowest BCUT2D eigenvalue weighted by atomic mass is 9.79. The topological polar surface area (TPSA) is 52.5 Å². The van der Waals surface area contributed by atoms with Crippen LogP contribution < -0.4 is 5.48 Å². The Kier molecular flexibility index (Phi) is 7.43. The van der Waals surface area contributed by atoms with Crippen LogP contribution in [-0.2, 0) is 10.8 Å². The number of hydrogen-bond donors (Lipinski definition) is 3. The van der Waals surface area contributed by atoms with Crippen LogP contribution in [0.3, 0.4) is 0 Å². The Bertz CT molecular complexity index is 466. The standard InChI is InChI=1S/C19H33NO2S/c1-18(2,3)15-12-14(23-11-9-7-8-10-20-22)13-16(17(15)21)19(4,5)6/h12-13,20-22H,7-11H2,1-6H3. The molecule has 1 aromatic rings. The fraction of sp³-hybridized carbons (Fsp3) is 0.684. The molecular formula is C19H33NO2S. The molecule has 4 heteroatoms. The van der Waals surface area contributed by atoms with Crippen LogP contribution in [-0.4, -0.2) is 22.6 Å². The zero-order chi connectivity index (χ0) is 17.7. The average molecular weight is 340 g/mol. The number of aromatic hydroxyl groups is 1. The molecule has 0 aliphatic rings. The van der Waals surface area contributed by atoms with Gasteiger partial charge in [-0.05, 0) is 41.6 Å². The second-order valence-electron chi connectivity index (χ2n) is 8.18. The van der Waals surface area contributed by atoms with Crippen molar-refractivity contribution in [3.8, 4) is 5.75 Å². The van der Waals surface area contributed by atoms with Crippen LogP contribution in [0.5, 0.6) is 5.75 Å². The van der Waals surface area contributed by atoms with E-state index in [4.69, 9.17) is 5.21 Å². The molecule has 0 spiro atoms. The predicted octanol–water partition coefficient (Wildman–Crippen LogP) is 5.23. The van der Waals surface area contributed by atoms with Crippen molar-refractivity contribution in [2.45, 2.75) is 76.5 Å². The minimum absolute atomic E-state index is 0.0759. The fourth-order valence-corrected chi connectivity index (χ4v) is 3.49. The maximum absolute atomic E-state index is 10.7. The van der Waals surface area contributed by atoms with Crippen molar-refractivity contribution in [3.63, 3.8) is 0 Å². The minimum Gasteiger partial charge on any atom is -0.507 e. The lowest BCUT2D eigenvalue weighted by Crippen LogP contribution is -2.17. The lowest BCUT2D eigenvalue weighted by Gasteiger charge is -2.28. The average Bonchev–Trinajstić information content (AvgIpc) is 2.41. The van der Waals surface area contributed by atoms with Crippen molar-refractivity contribution < 1.29 is 10.3 Å². The van der Waals surface area contributed by atoms with E-state index >= 15 is 0 Å². The van der Waals surface area contributed by atoms with Crippen molar-refractivity contribution in [2.75, 3.05) is 12.3 Å². The van der Waals surface area contributed by atoms with Crippen molar-refractivity contribution in [1.82, 2.24) is 5.48 Å². The van der Waals surface area contributed by atoms with Gasteiger partial charge in [0.25, 0.3) is 0 Å². The van der Waals surface area contributed by atoms with Crippen molar-refractivity contribution in [3.05, 3.63) is 23.3 Å². The molecule has 0 aliphatic carbocycles. The zero-order valence-corrected chi connectivity index (χ0v) is 16.3. The molecule has 0 radical (unpaired) electrons. The quantitative estimate of drug-likeness (QED) is 0.362. The van der Waals surface area contributed by atoms with Gasteiger partial charge < -0.3 is 10.3 Å². The van der Waals surface area contributed by atoms with E-state index in [-0.39, 0.29) is 10.8 Å². The zero-order valence-electron chi connectivity index (χ0n) is 15.5. The summed E-state index contributed by atoms with van der Waals surface area (Å²) in [5, 5.41) is 19.3. The molecule has 0 aliphatic heterocycles. The summed E-state index contributed by atoms with van der Waals surface area (Å²) in [6.07, 6.45) is 3.23. The molecule has 132 valence electrons. The van der Waals surface area contributed by atoms with Gasteiger partial charge in [0.1, 0.15) is 5.75 Å². The summed E-state index contributed by atoms with van der Waals surface area (Å²) in [5.41, 5.74) is 4.09. The number of phenolic OH excluding ortho intramolecular Hbond substituents is 1. The summed E-state index contributed by atoms with van der Waals surface area (Å²) in [4.78, 5) is 1.23. The predicted molar refractivity (Wildman–Crippen MR) is 99.9 cm³/mol. The number of rotatable bonds is 7. The van der Waals surface area contributed by atoms with Crippen LogP contribution in [0.1, 0.15) is 71.9 Å². The molecule has 0 aromatic heterocycles. The molecule has 0 heterocycles. The van der Waals surface area contributed by atoms with Gasteiger partial charge in [-0.25, -0.2) is 5.48 Å². The normalized spacial score (nSPS) is 12.7. The van der Waals surface area contributed by atoms with Crippen LogP contribution in [0.15, 0.2) is 17.0 Å². The van der Waals surface area contributed by atoms with Crippen molar-refractivity contribution in [1.29, 1.82) is 0 Å². The Labute approximate surface area is 145 Å². The first-order chi connectivity index (χ1) is 10.6. The third-order valence-corrected chi connectivity index (χ3v) is 4.96. The van der Waals surface area contributed by atoms with E-state index in [1.165, 1.54) is 4.90 Å². The van der Waals surface area contributed by atoms with Crippen LogP contribution in [0.2, 0.25) is 0 Å². The Morgan fingerprint density at radius 2 is 1.43 bits per heavy atom. The van der Waals surface area contributed by atoms with Gasteiger partial charge in [-0.15, -0.1) is 11.8 Å². The van der Waals surface area contributed by atoms with E-state index in [1.807, 2.05) is 11.8 Å². The van der Waals surface area contributed by atoms with Gasteiger partial charge in [0.15, 0.2) is 0 Å². The number of thioether (sulfide) groups is 1. The van der Waals surface area contributed by atoms with Crippen molar-refractivity contribution in [2.24, 2.45) is 0 Å². The van der Waals surface area contributed by atoms with Gasteiger partial charge >= 0.3 is 0 Å². The summed E-state index contributed by atoms with van der Waals surface area (Å²) >= 11 is 1.85.